The molecule has 0 fully saturated rings. The third kappa shape index (κ3) is 5.26. The second-order valence-corrected chi connectivity index (χ2v) is 4.93. The van der Waals surface area contributed by atoms with Crippen molar-refractivity contribution in [3.8, 4) is 11.5 Å². The molecule has 7 heteroatoms. The summed E-state index contributed by atoms with van der Waals surface area (Å²) in [7, 11) is 0. The summed E-state index contributed by atoms with van der Waals surface area (Å²) in [5.74, 6) is -0.425. The third-order valence-corrected chi connectivity index (χ3v) is 3.09. The third-order valence-electron chi connectivity index (χ3n) is 2.51. The molecule has 0 unspecified atom stereocenters. The number of halogens is 1. The van der Waals surface area contributed by atoms with Crippen molar-refractivity contribution in [3.05, 3.63) is 22.2 Å². The highest BCUT2D eigenvalue weighted by Crippen LogP contribution is 2.37. The van der Waals surface area contributed by atoms with Gasteiger partial charge in [-0.05, 0) is 41.9 Å². The Labute approximate surface area is 131 Å². The Bertz CT molecular complexity index is 518. The van der Waals surface area contributed by atoms with Gasteiger partial charge in [-0.2, -0.15) is 0 Å². The number of carbonyl (C=O) groups excluding carboxylic acids is 1. The number of aromatic carboxylic acids is 1. The van der Waals surface area contributed by atoms with E-state index in [0.29, 0.717) is 29.1 Å². The monoisotopic (exact) mass is 359 g/mol. The van der Waals surface area contributed by atoms with Gasteiger partial charge in [-0.1, -0.05) is 0 Å². The number of ether oxygens (including phenoxy) is 2. The molecule has 0 aliphatic rings. The summed E-state index contributed by atoms with van der Waals surface area (Å²) in [6, 6.07) is 2.84. The molecule has 1 aromatic carbocycles. The number of carboxylic acids is 1. The fraction of sp³-hybridized carbons (Fsp3) is 0.429. The molecule has 0 bridgehead atoms. The lowest BCUT2D eigenvalue weighted by atomic mass is 10.2. The lowest BCUT2D eigenvalue weighted by molar-refractivity contribution is -0.121. The standard InChI is InChI=1S/C14H18BrNO5/c1-3-16-12(17)5-6-21-13-10(15)7-9(14(18)19)8-11(13)20-4-2/h7-8H,3-6H2,1-2H3,(H,16,17)(H,18,19). The number of carbonyl (C=O) groups is 2. The largest absolute Gasteiger partial charge is 0.490 e. The summed E-state index contributed by atoms with van der Waals surface area (Å²) in [5.41, 5.74) is 0.0985. The van der Waals surface area contributed by atoms with Crippen LogP contribution in [0.15, 0.2) is 16.6 Å². The number of amides is 1. The Kier molecular flexibility index (Phi) is 7.01. The Morgan fingerprint density at radius 1 is 1.29 bits per heavy atom. The number of carboxylic acid groups (broad SMARTS) is 1. The zero-order valence-electron chi connectivity index (χ0n) is 11.9. The Morgan fingerprint density at radius 2 is 2.00 bits per heavy atom. The summed E-state index contributed by atoms with van der Waals surface area (Å²) >= 11 is 3.27. The molecular weight excluding hydrogens is 342 g/mol. The Morgan fingerprint density at radius 3 is 2.57 bits per heavy atom. The predicted octanol–water partition coefficient (Wildman–Crippen LogP) is 2.45. The molecule has 0 saturated heterocycles. The van der Waals surface area contributed by atoms with Gasteiger partial charge in [-0.3, -0.25) is 4.79 Å². The van der Waals surface area contributed by atoms with Crippen LogP contribution in [0.5, 0.6) is 11.5 Å². The minimum Gasteiger partial charge on any atom is -0.490 e. The van der Waals surface area contributed by atoms with Gasteiger partial charge in [0, 0.05) is 6.54 Å². The average Bonchev–Trinajstić information content (AvgIpc) is 2.41. The van der Waals surface area contributed by atoms with E-state index in [0.717, 1.165) is 0 Å². The maximum Gasteiger partial charge on any atom is 0.335 e. The van der Waals surface area contributed by atoms with Crippen molar-refractivity contribution in [1.29, 1.82) is 0 Å². The van der Waals surface area contributed by atoms with Crippen LogP contribution >= 0.6 is 15.9 Å². The fourth-order valence-electron chi connectivity index (χ4n) is 1.63. The maximum atomic E-state index is 11.4. The van der Waals surface area contributed by atoms with Crippen LogP contribution < -0.4 is 14.8 Å². The fourth-order valence-corrected chi connectivity index (χ4v) is 2.18. The van der Waals surface area contributed by atoms with E-state index in [1.807, 2.05) is 6.92 Å². The summed E-state index contributed by atoms with van der Waals surface area (Å²) in [5, 5.41) is 11.7. The molecule has 1 amide bonds. The van der Waals surface area contributed by atoms with Crippen molar-refractivity contribution in [1.82, 2.24) is 5.32 Å². The van der Waals surface area contributed by atoms with Gasteiger partial charge < -0.3 is 19.9 Å². The van der Waals surface area contributed by atoms with Gasteiger partial charge in [-0.15, -0.1) is 0 Å². The van der Waals surface area contributed by atoms with E-state index >= 15 is 0 Å². The molecule has 116 valence electrons. The van der Waals surface area contributed by atoms with Crippen LogP contribution in [0.4, 0.5) is 0 Å². The number of benzene rings is 1. The molecule has 0 aromatic heterocycles. The zero-order valence-corrected chi connectivity index (χ0v) is 13.5. The molecule has 6 nitrogen and oxygen atoms in total. The van der Waals surface area contributed by atoms with Crippen LogP contribution in [0.2, 0.25) is 0 Å². The molecule has 1 aromatic rings. The van der Waals surface area contributed by atoms with Crippen LogP contribution in [0.25, 0.3) is 0 Å². The van der Waals surface area contributed by atoms with Gasteiger partial charge in [0.2, 0.25) is 5.91 Å². The van der Waals surface area contributed by atoms with Gasteiger partial charge in [0.1, 0.15) is 0 Å². The van der Waals surface area contributed by atoms with E-state index in [1.54, 1.807) is 6.92 Å². The average molecular weight is 360 g/mol. The number of rotatable bonds is 8. The molecular formula is C14H18BrNO5. The Hall–Kier alpha value is -1.76. The van der Waals surface area contributed by atoms with Crippen molar-refractivity contribution >= 4 is 27.8 Å². The first-order chi connectivity index (χ1) is 9.99. The normalized spacial score (nSPS) is 10.0. The first-order valence-corrected chi connectivity index (χ1v) is 7.38. The molecule has 0 radical (unpaired) electrons. The maximum absolute atomic E-state index is 11.4. The smallest absolute Gasteiger partial charge is 0.335 e. The minimum atomic E-state index is -1.05. The topological polar surface area (TPSA) is 84.9 Å². The molecule has 0 atom stereocenters. The van der Waals surface area contributed by atoms with E-state index in [1.165, 1.54) is 12.1 Å². The lowest BCUT2D eigenvalue weighted by Gasteiger charge is -2.14. The highest BCUT2D eigenvalue weighted by atomic mass is 79.9. The second kappa shape index (κ2) is 8.51. The van der Waals surface area contributed by atoms with Crippen LogP contribution in [0.3, 0.4) is 0 Å². The highest BCUT2D eigenvalue weighted by molar-refractivity contribution is 9.10. The van der Waals surface area contributed by atoms with Crippen molar-refractivity contribution in [2.45, 2.75) is 20.3 Å². The molecule has 2 N–H and O–H groups in total. The van der Waals surface area contributed by atoms with Crippen LogP contribution in [0, 0.1) is 0 Å². The van der Waals surface area contributed by atoms with E-state index in [9.17, 15) is 9.59 Å². The number of hydrogen-bond acceptors (Lipinski definition) is 4. The van der Waals surface area contributed by atoms with E-state index < -0.39 is 5.97 Å². The molecule has 0 aliphatic heterocycles. The van der Waals surface area contributed by atoms with E-state index in [2.05, 4.69) is 21.2 Å². The molecule has 1 rings (SSSR count). The minimum absolute atomic E-state index is 0.0985. The van der Waals surface area contributed by atoms with Gasteiger partial charge >= 0.3 is 5.97 Å². The summed E-state index contributed by atoms with van der Waals surface area (Å²) in [6.07, 6.45) is 0.215. The van der Waals surface area contributed by atoms with Crippen molar-refractivity contribution in [2.75, 3.05) is 19.8 Å². The van der Waals surface area contributed by atoms with Gasteiger partial charge in [0.05, 0.1) is 29.7 Å². The van der Waals surface area contributed by atoms with E-state index in [4.69, 9.17) is 14.6 Å². The van der Waals surface area contributed by atoms with Gasteiger partial charge in [-0.25, -0.2) is 4.79 Å². The van der Waals surface area contributed by atoms with Crippen molar-refractivity contribution in [3.63, 3.8) is 0 Å². The summed E-state index contributed by atoms with van der Waals surface area (Å²) < 4.78 is 11.4. The zero-order chi connectivity index (χ0) is 15.8. The number of hydrogen-bond donors (Lipinski definition) is 2. The molecule has 0 spiro atoms. The van der Waals surface area contributed by atoms with E-state index in [-0.39, 0.29) is 24.5 Å². The lowest BCUT2D eigenvalue weighted by Crippen LogP contribution is -2.24. The second-order valence-electron chi connectivity index (χ2n) is 4.08. The molecule has 0 heterocycles. The van der Waals surface area contributed by atoms with Crippen LogP contribution in [-0.2, 0) is 4.79 Å². The first-order valence-electron chi connectivity index (χ1n) is 6.58. The summed E-state index contributed by atoms with van der Waals surface area (Å²) in [4.78, 5) is 22.4. The Balaban J connectivity index is 2.84. The highest BCUT2D eigenvalue weighted by Gasteiger charge is 2.15. The number of nitrogens with one attached hydrogen (secondary N) is 1. The van der Waals surface area contributed by atoms with Crippen molar-refractivity contribution < 1.29 is 24.2 Å². The van der Waals surface area contributed by atoms with Crippen LogP contribution in [0.1, 0.15) is 30.6 Å². The molecule has 0 saturated carbocycles. The SMILES string of the molecule is CCNC(=O)CCOc1c(Br)cc(C(=O)O)cc1OCC. The van der Waals surface area contributed by atoms with Gasteiger partial charge in [0.15, 0.2) is 11.5 Å². The van der Waals surface area contributed by atoms with Crippen molar-refractivity contribution in [2.24, 2.45) is 0 Å². The first kappa shape index (κ1) is 17.3. The molecule has 21 heavy (non-hydrogen) atoms. The summed E-state index contributed by atoms with van der Waals surface area (Å²) in [6.45, 7) is 4.76. The molecule has 0 aliphatic carbocycles. The van der Waals surface area contributed by atoms with Gasteiger partial charge in [0.25, 0.3) is 0 Å². The van der Waals surface area contributed by atoms with Crippen LogP contribution in [-0.4, -0.2) is 36.7 Å². The quantitative estimate of drug-likeness (QED) is 0.744. The predicted molar refractivity (Wildman–Crippen MR) is 81.1 cm³/mol.